The van der Waals surface area contributed by atoms with Gasteiger partial charge in [-0.15, -0.1) is 0 Å². The summed E-state index contributed by atoms with van der Waals surface area (Å²) < 4.78 is 8.12. The zero-order chi connectivity index (χ0) is 20.9. The molecule has 0 saturated carbocycles. The number of carbonyl (C=O) groups is 1. The maximum Gasteiger partial charge on any atom is 0.251 e. The van der Waals surface area contributed by atoms with E-state index in [-0.39, 0.29) is 5.91 Å². The Morgan fingerprint density at radius 1 is 1.07 bits per heavy atom. The number of hydrogen-bond donors (Lipinski definition) is 1. The second-order valence-corrected chi connectivity index (χ2v) is 7.20. The number of rotatable bonds is 7. The first-order valence-electron chi connectivity index (χ1n) is 9.94. The SMILES string of the molecule is Cc1ccc(OCCn2c(CNC(=O)c3ccncc3)nc3ccccc32)c(C)c1. The van der Waals surface area contributed by atoms with E-state index in [9.17, 15) is 4.79 Å². The summed E-state index contributed by atoms with van der Waals surface area (Å²) in [4.78, 5) is 21.1. The second-order valence-electron chi connectivity index (χ2n) is 7.20. The van der Waals surface area contributed by atoms with Crippen LogP contribution in [0.15, 0.2) is 67.0 Å². The van der Waals surface area contributed by atoms with Gasteiger partial charge in [-0.3, -0.25) is 9.78 Å². The van der Waals surface area contributed by atoms with Gasteiger partial charge in [0.15, 0.2) is 0 Å². The molecule has 152 valence electrons. The van der Waals surface area contributed by atoms with Gasteiger partial charge in [0.1, 0.15) is 18.2 Å². The first-order valence-corrected chi connectivity index (χ1v) is 9.94. The van der Waals surface area contributed by atoms with Crippen LogP contribution in [-0.4, -0.2) is 27.0 Å². The average Bonchev–Trinajstić information content (AvgIpc) is 3.12. The predicted molar refractivity (Wildman–Crippen MR) is 117 cm³/mol. The molecule has 0 aliphatic carbocycles. The van der Waals surface area contributed by atoms with Crippen LogP contribution in [0.4, 0.5) is 0 Å². The monoisotopic (exact) mass is 400 g/mol. The fourth-order valence-corrected chi connectivity index (χ4v) is 3.48. The van der Waals surface area contributed by atoms with Crippen molar-refractivity contribution in [3.05, 3.63) is 89.5 Å². The smallest absolute Gasteiger partial charge is 0.251 e. The Morgan fingerprint density at radius 2 is 1.87 bits per heavy atom. The van der Waals surface area contributed by atoms with Gasteiger partial charge in [0, 0.05) is 18.0 Å². The summed E-state index contributed by atoms with van der Waals surface area (Å²) in [6, 6.07) is 17.5. The summed E-state index contributed by atoms with van der Waals surface area (Å²) in [6.07, 6.45) is 3.21. The number of nitrogens with zero attached hydrogens (tertiary/aromatic N) is 3. The van der Waals surface area contributed by atoms with Gasteiger partial charge in [0.25, 0.3) is 5.91 Å². The number of benzene rings is 2. The fraction of sp³-hybridized carbons (Fsp3) is 0.208. The highest BCUT2D eigenvalue weighted by atomic mass is 16.5. The van der Waals surface area contributed by atoms with Gasteiger partial charge in [0.05, 0.1) is 24.1 Å². The van der Waals surface area contributed by atoms with Gasteiger partial charge in [0.2, 0.25) is 0 Å². The van der Waals surface area contributed by atoms with E-state index in [0.29, 0.717) is 25.3 Å². The Balaban J connectivity index is 1.49. The van der Waals surface area contributed by atoms with Crippen molar-refractivity contribution in [1.82, 2.24) is 19.9 Å². The van der Waals surface area contributed by atoms with E-state index in [2.05, 4.69) is 40.8 Å². The van der Waals surface area contributed by atoms with E-state index in [4.69, 9.17) is 9.72 Å². The molecule has 2 aromatic heterocycles. The third-order valence-electron chi connectivity index (χ3n) is 4.99. The zero-order valence-electron chi connectivity index (χ0n) is 17.1. The number of nitrogens with one attached hydrogen (secondary N) is 1. The Bertz CT molecular complexity index is 1170. The Morgan fingerprint density at radius 3 is 2.67 bits per heavy atom. The highest BCUT2D eigenvalue weighted by molar-refractivity contribution is 5.93. The molecule has 0 saturated heterocycles. The summed E-state index contributed by atoms with van der Waals surface area (Å²) in [7, 11) is 0. The lowest BCUT2D eigenvalue weighted by Crippen LogP contribution is -2.25. The van der Waals surface area contributed by atoms with Crippen molar-refractivity contribution in [2.75, 3.05) is 6.61 Å². The average molecular weight is 400 g/mol. The normalized spacial score (nSPS) is 10.9. The highest BCUT2D eigenvalue weighted by Crippen LogP contribution is 2.20. The van der Waals surface area contributed by atoms with Crippen LogP contribution in [0, 0.1) is 13.8 Å². The third-order valence-corrected chi connectivity index (χ3v) is 4.99. The van der Waals surface area contributed by atoms with Crippen LogP contribution in [0.2, 0.25) is 0 Å². The standard InChI is InChI=1S/C24H24N4O2/c1-17-7-8-22(18(2)15-17)30-14-13-28-21-6-4-3-5-20(21)27-23(28)16-26-24(29)19-9-11-25-12-10-19/h3-12,15H,13-14,16H2,1-2H3,(H,26,29). The minimum atomic E-state index is -0.150. The molecular formula is C24H24N4O2. The van der Waals surface area contributed by atoms with Crippen molar-refractivity contribution in [1.29, 1.82) is 0 Å². The number of aryl methyl sites for hydroxylation is 2. The van der Waals surface area contributed by atoms with Gasteiger partial charge in [-0.25, -0.2) is 4.98 Å². The number of aromatic nitrogens is 3. The van der Waals surface area contributed by atoms with Crippen LogP contribution in [0.1, 0.15) is 27.3 Å². The van der Waals surface area contributed by atoms with E-state index in [0.717, 1.165) is 28.2 Å². The van der Waals surface area contributed by atoms with E-state index >= 15 is 0 Å². The zero-order valence-corrected chi connectivity index (χ0v) is 17.1. The quantitative estimate of drug-likeness (QED) is 0.508. The molecule has 0 bridgehead atoms. The topological polar surface area (TPSA) is 69.0 Å². The van der Waals surface area contributed by atoms with E-state index in [1.807, 2.05) is 30.3 Å². The highest BCUT2D eigenvalue weighted by Gasteiger charge is 2.13. The number of carbonyl (C=O) groups excluding carboxylic acids is 1. The number of imidazole rings is 1. The molecule has 0 aliphatic heterocycles. The number of hydrogen-bond acceptors (Lipinski definition) is 4. The molecule has 6 nitrogen and oxygen atoms in total. The van der Waals surface area contributed by atoms with Crippen molar-refractivity contribution in [3.63, 3.8) is 0 Å². The molecular weight excluding hydrogens is 376 g/mol. The molecule has 1 amide bonds. The van der Waals surface area contributed by atoms with Crippen LogP contribution in [-0.2, 0) is 13.1 Å². The van der Waals surface area contributed by atoms with Crippen LogP contribution >= 0.6 is 0 Å². The Labute approximate surface area is 175 Å². The molecule has 0 unspecified atom stereocenters. The summed E-state index contributed by atoms with van der Waals surface area (Å²) >= 11 is 0. The van der Waals surface area contributed by atoms with Gasteiger partial charge in [-0.05, 0) is 49.7 Å². The van der Waals surface area contributed by atoms with E-state index in [1.54, 1.807) is 24.5 Å². The van der Waals surface area contributed by atoms with Crippen molar-refractivity contribution in [2.24, 2.45) is 0 Å². The lowest BCUT2D eigenvalue weighted by Gasteiger charge is -2.13. The Hall–Kier alpha value is -3.67. The minimum Gasteiger partial charge on any atom is -0.491 e. The second kappa shape index (κ2) is 8.78. The molecule has 6 heteroatoms. The molecule has 0 aliphatic rings. The number of amides is 1. The summed E-state index contributed by atoms with van der Waals surface area (Å²) in [6.45, 7) is 5.60. The number of pyridine rings is 1. The van der Waals surface area contributed by atoms with Gasteiger partial charge in [-0.1, -0.05) is 29.8 Å². The first kappa shape index (κ1) is 19.6. The summed E-state index contributed by atoms with van der Waals surface area (Å²) in [5.74, 6) is 1.53. The summed E-state index contributed by atoms with van der Waals surface area (Å²) in [5.41, 5.74) is 4.83. The van der Waals surface area contributed by atoms with Gasteiger partial charge >= 0.3 is 0 Å². The minimum absolute atomic E-state index is 0.150. The van der Waals surface area contributed by atoms with Crippen LogP contribution in [0.25, 0.3) is 11.0 Å². The largest absolute Gasteiger partial charge is 0.491 e. The molecule has 4 aromatic rings. The van der Waals surface area contributed by atoms with Crippen LogP contribution < -0.4 is 10.1 Å². The maximum atomic E-state index is 12.4. The van der Waals surface area contributed by atoms with E-state index < -0.39 is 0 Å². The third kappa shape index (κ3) is 4.33. The lowest BCUT2D eigenvalue weighted by atomic mass is 10.1. The number of ether oxygens (including phenoxy) is 1. The molecule has 2 aromatic carbocycles. The lowest BCUT2D eigenvalue weighted by molar-refractivity contribution is 0.0949. The Kier molecular flexibility index (Phi) is 5.75. The van der Waals surface area contributed by atoms with Crippen LogP contribution in [0.5, 0.6) is 5.75 Å². The molecule has 0 radical (unpaired) electrons. The van der Waals surface area contributed by atoms with E-state index in [1.165, 1.54) is 5.56 Å². The molecule has 2 heterocycles. The summed E-state index contributed by atoms with van der Waals surface area (Å²) in [5, 5.41) is 2.95. The molecule has 0 atom stereocenters. The van der Waals surface area contributed by atoms with Crippen molar-refractivity contribution >= 4 is 16.9 Å². The van der Waals surface area contributed by atoms with Crippen LogP contribution in [0.3, 0.4) is 0 Å². The van der Waals surface area contributed by atoms with Crippen molar-refractivity contribution in [3.8, 4) is 5.75 Å². The number of para-hydroxylation sites is 2. The molecule has 0 fully saturated rings. The van der Waals surface area contributed by atoms with Gasteiger partial charge < -0.3 is 14.6 Å². The molecule has 1 N–H and O–H groups in total. The first-order chi connectivity index (χ1) is 14.6. The number of fused-ring (bicyclic) bond motifs is 1. The fourth-order valence-electron chi connectivity index (χ4n) is 3.48. The van der Waals surface area contributed by atoms with Crippen molar-refractivity contribution < 1.29 is 9.53 Å². The van der Waals surface area contributed by atoms with Crippen molar-refractivity contribution in [2.45, 2.75) is 26.9 Å². The molecule has 4 rings (SSSR count). The predicted octanol–water partition coefficient (Wildman–Crippen LogP) is 4.06. The molecule has 30 heavy (non-hydrogen) atoms. The van der Waals surface area contributed by atoms with Gasteiger partial charge in [-0.2, -0.15) is 0 Å². The maximum absolute atomic E-state index is 12.4. The molecule has 0 spiro atoms.